The molecule has 0 unspecified atom stereocenters. The minimum absolute atomic E-state index is 1.00. The van der Waals surface area contributed by atoms with Gasteiger partial charge in [-0.3, -0.25) is 4.68 Å². The van der Waals surface area contributed by atoms with E-state index >= 15 is 0 Å². The molecule has 0 bridgehead atoms. The molecule has 0 spiro atoms. The van der Waals surface area contributed by atoms with Crippen molar-refractivity contribution >= 4 is 10.9 Å². The number of aromatic nitrogens is 2. The summed E-state index contributed by atoms with van der Waals surface area (Å²) >= 11 is 0. The van der Waals surface area contributed by atoms with Crippen molar-refractivity contribution in [3.8, 4) is 0 Å². The Bertz CT molecular complexity index is 441. The van der Waals surface area contributed by atoms with Gasteiger partial charge in [-0.15, -0.1) is 0 Å². The fourth-order valence-electron chi connectivity index (χ4n) is 1.71. The molecule has 2 aromatic rings. The largest absolute Gasteiger partial charge is 0.268 e. The van der Waals surface area contributed by atoms with E-state index < -0.39 is 0 Å². The van der Waals surface area contributed by atoms with Crippen molar-refractivity contribution in [1.82, 2.24) is 9.78 Å². The van der Waals surface area contributed by atoms with Gasteiger partial charge in [-0.25, -0.2) is 0 Å². The van der Waals surface area contributed by atoms with E-state index in [1.54, 1.807) is 0 Å². The van der Waals surface area contributed by atoms with Gasteiger partial charge in [0.05, 0.1) is 11.2 Å². The predicted octanol–water partition coefficient (Wildman–Crippen LogP) is 2.44. The maximum Gasteiger partial charge on any atom is 0.0700 e. The average molecular weight is 174 g/mol. The molecule has 0 N–H and O–H groups in total. The zero-order valence-corrected chi connectivity index (χ0v) is 8.33. The zero-order chi connectivity index (χ0) is 9.42. The molecule has 0 atom stereocenters. The summed E-state index contributed by atoms with van der Waals surface area (Å²) in [5.41, 5.74) is 3.72. The van der Waals surface area contributed by atoms with Gasteiger partial charge < -0.3 is 0 Å². The van der Waals surface area contributed by atoms with Crippen LogP contribution in [0.2, 0.25) is 0 Å². The number of hydrogen-bond acceptors (Lipinski definition) is 1. The van der Waals surface area contributed by atoms with E-state index in [1.807, 2.05) is 11.7 Å². The Balaban J connectivity index is 2.81. The molecule has 0 aliphatic rings. The molecule has 1 aromatic carbocycles. The van der Waals surface area contributed by atoms with Gasteiger partial charge in [-0.05, 0) is 25.5 Å². The third-order valence-electron chi connectivity index (χ3n) is 2.42. The number of fused-ring (bicyclic) bond motifs is 1. The number of rotatable bonds is 1. The Morgan fingerprint density at radius 3 is 2.85 bits per heavy atom. The molecule has 1 heterocycles. The zero-order valence-electron chi connectivity index (χ0n) is 8.33. The first-order chi connectivity index (χ1) is 6.22. The third-order valence-corrected chi connectivity index (χ3v) is 2.42. The molecule has 68 valence electrons. The lowest BCUT2D eigenvalue weighted by atomic mass is 10.1. The van der Waals surface area contributed by atoms with Crippen LogP contribution in [0.5, 0.6) is 0 Å². The van der Waals surface area contributed by atoms with Crippen LogP contribution in [0.3, 0.4) is 0 Å². The smallest absolute Gasteiger partial charge is 0.0700 e. The van der Waals surface area contributed by atoms with Crippen LogP contribution in [0, 0.1) is 6.92 Å². The molecule has 2 heteroatoms. The van der Waals surface area contributed by atoms with Crippen molar-refractivity contribution < 1.29 is 0 Å². The highest BCUT2D eigenvalue weighted by Gasteiger charge is 2.05. The van der Waals surface area contributed by atoms with Crippen LogP contribution in [0.4, 0.5) is 0 Å². The third kappa shape index (κ3) is 1.22. The summed E-state index contributed by atoms with van der Waals surface area (Å²) in [5, 5.41) is 5.76. The summed E-state index contributed by atoms with van der Waals surface area (Å²) in [6, 6.07) is 6.47. The molecule has 13 heavy (non-hydrogen) atoms. The monoisotopic (exact) mass is 174 g/mol. The Morgan fingerprint density at radius 1 is 1.38 bits per heavy atom. The van der Waals surface area contributed by atoms with Crippen molar-refractivity contribution in [2.75, 3.05) is 0 Å². The molecule has 0 aliphatic heterocycles. The minimum atomic E-state index is 1.00. The highest BCUT2D eigenvalue weighted by atomic mass is 15.3. The highest BCUT2D eigenvalue weighted by Crippen LogP contribution is 2.19. The summed E-state index contributed by atoms with van der Waals surface area (Å²) < 4.78 is 1.95. The van der Waals surface area contributed by atoms with Gasteiger partial charge >= 0.3 is 0 Å². The summed E-state index contributed by atoms with van der Waals surface area (Å²) in [4.78, 5) is 0. The van der Waals surface area contributed by atoms with Crippen LogP contribution in [0.15, 0.2) is 18.2 Å². The second kappa shape index (κ2) is 2.87. The molecule has 0 aliphatic carbocycles. The van der Waals surface area contributed by atoms with Crippen molar-refractivity contribution in [2.45, 2.75) is 20.3 Å². The van der Waals surface area contributed by atoms with E-state index in [0.29, 0.717) is 0 Å². The lowest BCUT2D eigenvalue weighted by Crippen LogP contribution is -1.90. The quantitative estimate of drug-likeness (QED) is 0.649. The Hall–Kier alpha value is -1.31. The molecule has 0 fully saturated rings. The van der Waals surface area contributed by atoms with E-state index in [-0.39, 0.29) is 0 Å². The van der Waals surface area contributed by atoms with Crippen molar-refractivity contribution in [2.24, 2.45) is 7.05 Å². The molecular formula is C11H14N2. The van der Waals surface area contributed by atoms with E-state index in [0.717, 1.165) is 6.42 Å². The SMILES string of the molecule is CCc1nn(C)c2ccc(C)cc12. The van der Waals surface area contributed by atoms with Gasteiger partial charge in [-0.1, -0.05) is 18.6 Å². The predicted molar refractivity (Wildman–Crippen MR) is 54.8 cm³/mol. The molecule has 2 rings (SSSR count). The first-order valence-corrected chi connectivity index (χ1v) is 4.64. The highest BCUT2D eigenvalue weighted by molar-refractivity contribution is 5.82. The van der Waals surface area contributed by atoms with Gasteiger partial charge in [0.2, 0.25) is 0 Å². The Labute approximate surface area is 78.2 Å². The van der Waals surface area contributed by atoms with Gasteiger partial charge in [0.15, 0.2) is 0 Å². The second-order valence-corrected chi connectivity index (χ2v) is 3.44. The van der Waals surface area contributed by atoms with E-state index in [2.05, 4.69) is 37.1 Å². The average Bonchev–Trinajstić information content (AvgIpc) is 2.42. The number of hydrogen-bond donors (Lipinski definition) is 0. The van der Waals surface area contributed by atoms with Gasteiger partial charge in [0, 0.05) is 12.4 Å². The molecule has 0 radical (unpaired) electrons. The molecule has 1 aromatic heterocycles. The van der Waals surface area contributed by atoms with Gasteiger partial charge in [0.1, 0.15) is 0 Å². The van der Waals surface area contributed by atoms with Crippen molar-refractivity contribution in [3.63, 3.8) is 0 Å². The summed E-state index contributed by atoms with van der Waals surface area (Å²) in [5.74, 6) is 0. The molecular weight excluding hydrogens is 160 g/mol. The van der Waals surface area contributed by atoms with E-state index in [9.17, 15) is 0 Å². The maximum absolute atomic E-state index is 4.47. The summed E-state index contributed by atoms with van der Waals surface area (Å²) in [6.45, 7) is 4.26. The molecule has 0 saturated heterocycles. The molecule has 0 saturated carbocycles. The number of aryl methyl sites for hydroxylation is 3. The molecule has 0 amide bonds. The normalized spacial score (nSPS) is 11.0. The minimum Gasteiger partial charge on any atom is -0.268 e. The standard InChI is InChI=1S/C11H14N2/c1-4-10-9-7-8(2)5-6-11(9)13(3)12-10/h5-7H,4H2,1-3H3. The lowest BCUT2D eigenvalue weighted by molar-refractivity contribution is 0.770. The van der Waals surface area contributed by atoms with Crippen LogP contribution in [-0.4, -0.2) is 9.78 Å². The maximum atomic E-state index is 4.47. The van der Waals surface area contributed by atoms with E-state index in [1.165, 1.54) is 22.2 Å². The second-order valence-electron chi connectivity index (χ2n) is 3.44. The Morgan fingerprint density at radius 2 is 2.15 bits per heavy atom. The first kappa shape index (κ1) is 8.30. The fraction of sp³-hybridized carbons (Fsp3) is 0.364. The Kier molecular flexibility index (Phi) is 1.83. The summed E-state index contributed by atoms with van der Waals surface area (Å²) in [6.07, 6.45) is 1.00. The van der Waals surface area contributed by atoms with Gasteiger partial charge in [0.25, 0.3) is 0 Å². The van der Waals surface area contributed by atoms with Crippen LogP contribution in [-0.2, 0) is 13.5 Å². The number of nitrogens with zero attached hydrogens (tertiary/aromatic N) is 2. The first-order valence-electron chi connectivity index (χ1n) is 4.64. The van der Waals surface area contributed by atoms with Crippen LogP contribution in [0.1, 0.15) is 18.2 Å². The van der Waals surface area contributed by atoms with E-state index in [4.69, 9.17) is 0 Å². The van der Waals surface area contributed by atoms with Crippen LogP contribution >= 0.6 is 0 Å². The fourth-order valence-corrected chi connectivity index (χ4v) is 1.71. The molecule has 2 nitrogen and oxygen atoms in total. The topological polar surface area (TPSA) is 17.8 Å². The number of benzene rings is 1. The van der Waals surface area contributed by atoms with Crippen LogP contribution < -0.4 is 0 Å². The van der Waals surface area contributed by atoms with Crippen molar-refractivity contribution in [1.29, 1.82) is 0 Å². The lowest BCUT2D eigenvalue weighted by Gasteiger charge is -1.95. The summed E-state index contributed by atoms with van der Waals surface area (Å²) in [7, 11) is 2.00. The van der Waals surface area contributed by atoms with Crippen molar-refractivity contribution in [3.05, 3.63) is 29.5 Å². The van der Waals surface area contributed by atoms with Gasteiger partial charge in [-0.2, -0.15) is 5.10 Å². The van der Waals surface area contributed by atoms with Crippen LogP contribution in [0.25, 0.3) is 10.9 Å².